The van der Waals surface area contributed by atoms with Gasteiger partial charge in [0.1, 0.15) is 13.2 Å². The highest BCUT2D eigenvalue weighted by Gasteiger charge is 2.27. The Bertz CT molecular complexity index is 1240. The van der Waals surface area contributed by atoms with E-state index in [2.05, 4.69) is 116 Å². The molecule has 3 atom stereocenters. The van der Waals surface area contributed by atoms with Crippen molar-refractivity contribution in [2.75, 3.05) is 40.9 Å². The van der Waals surface area contributed by atoms with E-state index in [1.54, 1.807) is 6.08 Å². The molecular weight excluding hydrogens is 695 g/mol. The number of hydrogen-bond donors (Lipinski definition) is 3. The van der Waals surface area contributed by atoms with Crippen molar-refractivity contribution in [3.05, 3.63) is 109 Å². The number of phosphoric ester groups is 1. The molecule has 0 aromatic carbocycles. The second-order valence-electron chi connectivity index (χ2n) is 14.3. The Labute approximate surface area is 330 Å². The van der Waals surface area contributed by atoms with E-state index in [0.717, 1.165) is 89.9 Å². The maximum atomic E-state index is 12.7. The summed E-state index contributed by atoms with van der Waals surface area (Å²) in [5.41, 5.74) is 0. The number of unbranched alkanes of at least 4 members (excludes halogenated alkanes) is 5. The zero-order valence-electron chi connectivity index (χ0n) is 34.4. The number of amides is 1. The Morgan fingerprint density at radius 1 is 0.648 bits per heavy atom. The molecule has 0 spiro atoms. The summed E-state index contributed by atoms with van der Waals surface area (Å²) in [6, 6.07) is -0.873. The average Bonchev–Trinajstić information content (AvgIpc) is 3.12. The lowest BCUT2D eigenvalue weighted by atomic mass is 10.1. The molecule has 1 amide bonds. The molecule has 3 unspecified atom stereocenters. The third kappa shape index (κ3) is 37.5. The van der Waals surface area contributed by atoms with E-state index >= 15 is 0 Å². The summed E-state index contributed by atoms with van der Waals surface area (Å²) in [4.78, 5) is 22.8. The van der Waals surface area contributed by atoms with Crippen LogP contribution in [0.25, 0.3) is 0 Å². The topological polar surface area (TPSA) is 105 Å². The molecule has 0 heterocycles. The normalized spacial score (nSPS) is 15.6. The second-order valence-corrected chi connectivity index (χ2v) is 15.7. The van der Waals surface area contributed by atoms with Gasteiger partial charge < -0.3 is 19.8 Å². The first-order valence-electron chi connectivity index (χ1n) is 20.3. The summed E-state index contributed by atoms with van der Waals surface area (Å²) in [6.45, 7) is 4.50. The second kappa shape index (κ2) is 35.8. The number of likely N-dealkylation sites (N-methyl/N-ethyl adjacent to an activating group) is 1. The molecule has 54 heavy (non-hydrogen) atoms. The van der Waals surface area contributed by atoms with Crippen LogP contribution in [-0.2, 0) is 18.4 Å². The van der Waals surface area contributed by atoms with Gasteiger partial charge in [-0.1, -0.05) is 136 Å². The fraction of sp³-hybridized carbons (Fsp3) is 0.578. The molecule has 0 rings (SSSR count). The molecule has 0 aliphatic carbocycles. The van der Waals surface area contributed by atoms with E-state index < -0.39 is 20.0 Å². The van der Waals surface area contributed by atoms with Crippen molar-refractivity contribution in [3.8, 4) is 0 Å². The van der Waals surface area contributed by atoms with Crippen molar-refractivity contribution in [1.82, 2.24) is 5.32 Å². The summed E-state index contributed by atoms with van der Waals surface area (Å²) >= 11 is 0. The molecule has 3 N–H and O–H groups in total. The van der Waals surface area contributed by atoms with Crippen molar-refractivity contribution in [3.63, 3.8) is 0 Å². The predicted molar refractivity (Wildman–Crippen MR) is 230 cm³/mol. The van der Waals surface area contributed by atoms with Gasteiger partial charge in [-0.15, -0.1) is 0 Å². The minimum absolute atomic E-state index is 0.0449. The summed E-state index contributed by atoms with van der Waals surface area (Å²) in [5, 5.41) is 13.5. The summed E-state index contributed by atoms with van der Waals surface area (Å²) in [6.07, 6.45) is 52.1. The molecule has 9 heteroatoms. The van der Waals surface area contributed by atoms with Gasteiger partial charge in [-0.05, 0) is 83.5 Å². The minimum atomic E-state index is -4.34. The van der Waals surface area contributed by atoms with Crippen LogP contribution >= 0.6 is 7.82 Å². The van der Waals surface area contributed by atoms with Gasteiger partial charge in [0.05, 0.1) is 39.9 Å². The van der Waals surface area contributed by atoms with Gasteiger partial charge in [-0.2, -0.15) is 0 Å². The van der Waals surface area contributed by atoms with Gasteiger partial charge in [0, 0.05) is 6.42 Å². The molecule has 0 aromatic heterocycles. The first-order chi connectivity index (χ1) is 26.0. The molecule has 0 saturated carbocycles. The number of nitrogens with one attached hydrogen (secondary N) is 1. The monoisotopic (exact) mass is 772 g/mol. The van der Waals surface area contributed by atoms with E-state index in [4.69, 9.17) is 9.05 Å². The van der Waals surface area contributed by atoms with E-state index in [1.807, 2.05) is 27.2 Å². The van der Waals surface area contributed by atoms with Crippen molar-refractivity contribution >= 4 is 13.7 Å². The van der Waals surface area contributed by atoms with E-state index in [1.165, 1.54) is 0 Å². The van der Waals surface area contributed by atoms with Crippen LogP contribution in [-0.4, -0.2) is 73.4 Å². The predicted octanol–water partition coefficient (Wildman–Crippen LogP) is 11.0. The number of aliphatic hydroxyl groups excluding tert-OH is 1. The van der Waals surface area contributed by atoms with Crippen molar-refractivity contribution in [2.24, 2.45) is 0 Å². The van der Waals surface area contributed by atoms with E-state index in [0.29, 0.717) is 23.9 Å². The first-order valence-corrected chi connectivity index (χ1v) is 21.8. The van der Waals surface area contributed by atoms with Gasteiger partial charge in [0.25, 0.3) is 0 Å². The zero-order valence-corrected chi connectivity index (χ0v) is 35.3. The molecule has 0 bridgehead atoms. The molecule has 8 nitrogen and oxygen atoms in total. The lowest BCUT2D eigenvalue weighted by Gasteiger charge is -2.25. The van der Waals surface area contributed by atoms with Crippen LogP contribution in [0.3, 0.4) is 0 Å². The van der Waals surface area contributed by atoms with E-state index in [-0.39, 0.29) is 19.1 Å². The van der Waals surface area contributed by atoms with E-state index in [9.17, 15) is 19.4 Å². The fourth-order valence-corrected chi connectivity index (χ4v) is 5.49. The maximum absolute atomic E-state index is 12.7. The maximum Gasteiger partial charge on any atom is 0.472 e. The molecular formula is C45H76N2O6P+. The Morgan fingerprint density at radius 2 is 1.09 bits per heavy atom. The fourth-order valence-electron chi connectivity index (χ4n) is 4.76. The van der Waals surface area contributed by atoms with Gasteiger partial charge >= 0.3 is 7.82 Å². The number of hydrogen-bond acceptors (Lipinski definition) is 5. The minimum Gasteiger partial charge on any atom is -0.387 e. The van der Waals surface area contributed by atoms with Crippen LogP contribution in [0.5, 0.6) is 0 Å². The molecule has 0 fully saturated rings. The molecule has 0 aromatic rings. The van der Waals surface area contributed by atoms with Crippen molar-refractivity contribution in [2.45, 2.75) is 129 Å². The molecule has 0 saturated heterocycles. The highest BCUT2D eigenvalue weighted by Crippen LogP contribution is 2.43. The lowest BCUT2D eigenvalue weighted by molar-refractivity contribution is -0.870. The Morgan fingerprint density at radius 3 is 1.56 bits per heavy atom. The Balaban J connectivity index is 4.28. The summed E-state index contributed by atoms with van der Waals surface area (Å²) < 4.78 is 23.3. The molecule has 0 radical (unpaired) electrons. The summed E-state index contributed by atoms with van der Waals surface area (Å²) in [7, 11) is 1.51. The number of carbonyl (C=O) groups is 1. The summed E-state index contributed by atoms with van der Waals surface area (Å²) in [5.74, 6) is -0.234. The van der Waals surface area contributed by atoms with Gasteiger partial charge in [0.15, 0.2) is 0 Å². The average molecular weight is 772 g/mol. The number of allylic oxidation sites excluding steroid dienone is 17. The number of nitrogens with zero attached hydrogens (tertiary/aromatic N) is 1. The third-order valence-electron chi connectivity index (χ3n) is 8.00. The van der Waals surface area contributed by atoms with Crippen LogP contribution in [0, 0.1) is 0 Å². The van der Waals surface area contributed by atoms with Crippen LogP contribution in [0.4, 0.5) is 0 Å². The lowest BCUT2D eigenvalue weighted by Crippen LogP contribution is -2.45. The third-order valence-corrected chi connectivity index (χ3v) is 8.98. The number of rotatable bonds is 34. The molecule has 0 aliphatic rings. The standard InChI is InChI=1S/C45H75N2O6P/c1-6-8-10-12-13-14-15-16-17-18-19-20-21-22-23-24-25-26-27-28-29-30-31-32-33-35-37-39-45(49)46-43(44(48)38-36-34-11-9-7-2)42-53-54(50,51)52-41-40-47(3,4)5/h8,10,13-14,16-17,19-20,22-23,25-26,28-29,31-32,36,38,43-44,48H,6-7,9,11-12,15,18,21,24,27,30,33-35,37,39-42H2,1-5H3,(H-,46,49,50,51)/p+1/b10-8-,14-13-,17-16-,20-19-,23-22-,26-25-,29-28-,32-31-,38-36+. The van der Waals surface area contributed by atoms with Crippen LogP contribution < -0.4 is 5.32 Å². The number of phosphoric acid groups is 1. The van der Waals surface area contributed by atoms with Crippen LogP contribution in [0.1, 0.15) is 117 Å². The number of quaternary nitrogens is 1. The van der Waals surface area contributed by atoms with Crippen molar-refractivity contribution in [1.29, 1.82) is 0 Å². The van der Waals surface area contributed by atoms with Gasteiger partial charge in [0.2, 0.25) is 5.91 Å². The van der Waals surface area contributed by atoms with Crippen LogP contribution in [0.2, 0.25) is 0 Å². The SMILES string of the molecule is CC/C=C\C/C=C\C/C=C\C/C=C\C/C=C\C/C=C\C/C=C\C/C=C\CCCCC(=O)NC(COP(=O)(O)OCC[N+](C)(C)C)C(O)/C=C/CCCCC. The Kier molecular flexibility index (Phi) is 34.0. The number of aliphatic hydroxyl groups is 1. The van der Waals surface area contributed by atoms with Crippen LogP contribution in [0.15, 0.2) is 109 Å². The largest absolute Gasteiger partial charge is 0.472 e. The molecule has 0 aliphatic heterocycles. The van der Waals surface area contributed by atoms with Gasteiger partial charge in [-0.25, -0.2) is 4.57 Å². The quantitative estimate of drug-likeness (QED) is 0.0260. The Hall–Kier alpha value is -2.84. The highest BCUT2D eigenvalue weighted by atomic mass is 31.2. The first kappa shape index (κ1) is 51.2. The smallest absolute Gasteiger partial charge is 0.387 e. The highest BCUT2D eigenvalue weighted by molar-refractivity contribution is 7.47. The zero-order chi connectivity index (χ0) is 40.0. The number of carbonyl (C=O) groups excluding carboxylic acids is 1. The molecule has 306 valence electrons. The van der Waals surface area contributed by atoms with Crippen molar-refractivity contribution < 1.29 is 32.9 Å². The van der Waals surface area contributed by atoms with Gasteiger partial charge in [-0.3, -0.25) is 13.8 Å².